The standard InChI is InChI=1S/C22H36O10/c1-5-7-11-27-13-15-29-21(25)17(3)31-19(23)9-10-20(24)32-18(4)22(26)30-16-14-28-12-8-6-2/h9-10,17-18H,5-8,11-16H2,1-4H3. The van der Waals surface area contributed by atoms with Crippen molar-refractivity contribution in [1.82, 2.24) is 0 Å². The quantitative estimate of drug-likeness (QED) is 0.130. The third-order valence-corrected chi connectivity index (χ3v) is 3.83. The second-order valence-electron chi connectivity index (χ2n) is 6.76. The normalized spacial score (nSPS) is 12.8. The molecule has 0 aromatic rings. The van der Waals surface area contributed by atoms with E-state index in [4.69, 9.17) is 28.4 Å². The lowest BCUT2D eigenvalue weighted by molar-refractivity contribution is -0.165. The first-order valence-corrected chi connectivity index (χ1v) is 10.9. The summed E-state index contributed by atoms with van der Waals surface area (Å²) in [5.74, 6) is -3.35. The van der Waals surface area contributed by atoms with Gasteiger partial charge in [0.05, 0.1) is 13.2 Å². The molecule has 0 heterocycles. The number of hydrogen-bond acceptors (Lipinski definition) is 10. The monoisotopic (exact) mass is 460 g/mol. The second kappa shape index (κ2) is 19.2. The van der Waals surface area contributed by atoms with E-state index in [1.54, 1.807) is 0 Å². The maximum absolute atomic E-state index is 11.8. The summed E-state index contributed by atoms with van der Waals surface area (Å²) in [4.78, 5) is 47.0. The van der Waals surface area contributed by atoms with Gasteiger partial charge >= 0.3 is 23.9 Å². The predicted octanol–water partition coefficient (Wildman–Crippen LogP) is 2.13. The molecule has 10 heteroatoms. The van der Waals surface area contributed by atoms with Crippen molar-refractivity contribution in [3.05, 3.63) is 12.2 Å². The first-order chi connectivity index (χ1) is 15.3. The van der Waals surface area contributed by atoms with Crippen LogP contribution in [0.2, 0.25) is 0 Å². The summed E-state index contributed by atoms with van der Waals surface area (Å²) in [5, 5.41) is 0. The Morgan fingerprint density at radius 1 is 0.625 bits per heavy atom. The Hall–Kier alpha value is -2.46. The molecule has 0 radical (unpaired) electrons. The van der Waals surface area contributed by atoms with Gasteiger partial charge in [-0.05, 0) is 26.7 Å². The van der Waals surface area contributed by atoms with Crippen molar-refractivity contribution < 1.29 is 47.6 Å². The summed E-state index contributed by atoms with van der Waals surface area (Å²) in [7, 11) is 0. The average Bonchev–Trinajstić information content (AvgIpc) is 2.76. The topological polar surface area (TPSA) is 124 Å². The van der Waals surface area contributed by atoms with Gasteiger partial charge in [0, 0.05) is 25.4 Å². The van der Waals surface area contributed by atoms with Crippen LogP contribution in [0.25, 0.3) is 0 Å². The Labute approximate surface area is 189 Å². The fourth-order valence-electron chi connectivity index (χ4n) is 1.99. The summed E-state index contributed by atoms with van der Waals surface area (Å²) in [6, 6.07) is 0. The largest absolute Gasteiger partial charge is 0.461 e. The fourth-order valence-corrected chi connectivity index (χ4v) is 1.99. The van der Waals surface area contributed by atoms with Crippen LogP contribution in [0.15, 0.2) is 12.2 Å². The highest BCUT2D eigenvalue weighted by molar-refractivity contribution is 5.93. The zero-order chi connectivity index (χ0) is 24.2. The average molecular weight is 461 g/mol. The molecule has 0 saturated heterocycles. The van der Waals surface area contributed by atoms with Crippen molar-refractivity contribution >= 4 is 23.9 Å². The van der Waals surface area contributed by atoms with Crippen LogP contribution in [0.4, 0.5) is 0 Å². The third-order valence-electron chi connectivity index (χ3n) is 3.83. The Bertz CT molecular complexity index is 537. The Balaban J connectivity index is 4.09. The molecule has 184 valence electrons. The maximum Gasteiger partial charge on any atom is 0.347 e. The number of carbonyl (C=O) groups is 4. The van der Waals surface area contributed by atoms with E-state index < -0.39 is 36.1 Å². The SMILES string of the molecule is CCCCOCCOC(=O)C(C)OC(=O)C=CC(=O)OC(C)C(=O)OCCOCCCC. The minimum Gasteiger partial charge on any atom is -0.461 e. The molecular formula is C22H36O10. The zero-order valence-electron chi connectivity index (χ0n) is 19.5. The molecule has 0 rings (SSSR count). The number of unbranched alkanes of at least 4 members (excludes halogenated alkanes) is 2. The van der Waals surface area contributed by atoms with E-state index in [1.807, 2.05) is 13.8 Å². The predicted molar refractivity (Wildman–Crippen MR) is 114 cm³/mol. The van der Waals surface area contributed by atoms with Crippen LogP contribution in [0.3, 0.4) is 0 Å². The summed E-state index contributed by atoms with van der Waals surface area (Å²) < 4.78 is 30.1. The molecule has 0 aliphatic carbocycles. The molecule has 0 saturated carbocycles. The van der Waals surface area contributed by atoms with Crippen molar-refractivity contribution in [3.8, 4) is 0 Å². The van der Waals surface area contributed by atoms with E-state index in [9.17, 15) is 19.2 Å². The lowest BCUT2D eigenvalue weighted by Gasteiger charge is -2.12. The third kappa shape index (κ3) is 16.3. The first kappa shape index (κ1) is 29.5. The van der Waals surface area contributed by atoms with Gasteiger partial charge < -0.3 is 28.4 Å². The van der Waals surface area contributed by atoms with E-state index in [-0.39, 0.29) is 26.4 Å². The summed E-state index contributed by atoms with van der Waals surface area (Å²) in [6.07, 6.45) is 3.12. The van der Waals surface area contributed by atoms with Gasteiger partial charge in [0.25, 0.3) is 0 Å². The van der Waals surface area contributed by atoms with Gasteiger partial charge in [-0.25, -0.2) is 19.2 Å². The lowest BCUT2D eigenvalue weighted by atomic mass is 10.4. The highest BCUT2D eigenvalue weighted by atomic mass is 16.6. The molecule has 0 amide bonds. The van der Waals surface area contributed by atoms with Crippen molar-refractivity contribution in [2.45, 2.75) is 65.6 Å². The highest BCUT2D eigenvalue weighted by Crippen LogP contribution is 2.00. The number of hydrogen-bond donors (Lipinski definition) is 0. The van der Waals surface area contributed by atoms with Gasteiger partial charge in [0.1, 0.15) is 13.2 Å². The minimum atomic E-state index is -1.16. The van der Waals surface area contributed by atoms with Crippen molar-refractivity contribution in [2.75, 3.05) is 39.6 Å². The molecule has 0 aromatic heterocycles. The molecular weight excluding hydrogens is 424 g/mol. The molecule has 0 N–H and O–H groups in total. The molecule has 0 spiro atoms. The second-order valence-corrected chi connectivity index (χ2v) is 6.76. The summed E-state index contributed by atoms with van der Waals surface area (Å²) in [6.45, 7) is 8.53. The molecule has 0 aromatic carbocycles. The molecule has 0 aliphatic heterocycles. The van der Waals surface area contributed by atoms with Crippen LogP contribution in [0.1, 0.15) is 53.4 Å². The number of esters is 4. The number of carbonyl (C=O) groups excluding carboxylic acids is 4. The minimum absolute atomic E-state index is 0.0471. The van der Waals surface area contributed by atoms with Crippen molar-refractivity contribution in [2.24, 2.45) is 0 Å². The van der Waals surface area contributed by atoms with Crippen molar-refractivity contribution in [1.29, 1.82) is 0 Å². The van der Waals surface area contributed by atoms with E-state index >= 15 is 0 Å². The van der Waals surface area contributed by atoms with Crippen molar-refractivity contribution in [3.63, 3.8) is 0 Å². The Kier molecular flexibility index (Phi) is 17.8. The fraction of sp³-hybridized carbons (Fsp3) is 0.727. The van der Waals surface area contributed by atoms with Gasteiger partial charge in [-0.1, -0.05) is 26.7 Å². The first-order valence-electron chi connectivity index (χ1n) is 10.9. The molecule has 2 unspecified atom stereocenters. The Morgan fingerprint density at radius 3 is 1.34 bits per heavy atom. The van der Waals surface area contributed by atoms with E-state index in [2.05, 4.69) is 0 Å². The van der Waals surface area contributed by atoms with E-state index in [0.29, 0.717) is 13.2 Å². The molecule has 0 fully saturated rings. The summed E-state index contributed by atoms with van der Waals surface area (Å²) in [5.41, 5.74) is 0. The highest BCUT2D eigenvalue weighted by Gasteiger charge is 2.20. The van der Waals surface area contributed by atoms with Gasteiger partial charge in [-0.2, -0.15) is 0 Å². The smallest absolute Gasteiger partial charge is 0.347 e. The molecule has 10 nitrogen and oxygen atoms in total. The van der Waals surface area contributed by atoms with Crippen LogP contribution < -0.4 is 0 Å². The summed E-state index contributed by atoms with van der Waals surface area (Å²) >= 11 is 0. The van der Waals surface area contributed by atoms with Gasteiger partial charge in [0.2, 0.25) is 0 Å². The van der Waals surface area contributed by atoms with Gasteiger partial charge in [0.15, 0.2) is 12.2 Å². The molecule has 0 aliphatic rings. The van der Waals surface area contributed by atoms with Crippen LogP contribution in [-0.4, -0.2) is 75.7 Å². The maximum atomic E-state index is 11.8. The van der Waals surface area contributed by atoms with Crippen LogP contribution in [0.5, 0.6) is 0 Å². The zero-order valence-corrected chi connectivity index (χ0v) is 19.5. The number of ether oxygens (including phenoxy) is 6. The lowest BCUT2D eigenvalue weighted by Crippen LogP contribution is -2.27. The van der Waals surface area contributed by atoms with Gasteiger partial charge in [-0.3, -0.25) is 0 Å². The van der Waals surface area contributed by atoms with Gasteiger partial charge in [-0.15, -0.1) is 0 Å². The van der Waals surface area contributed by atoms with Crippen LogP contribution in [0, 0.1) is 0 Å². The van der Waals surface area contributed by atoms with Crippen LogP contribution in [-0.2, 0) is 47.6 Å². The molecule has 2 atom stereocenters. The van der Waals surface area contributed by atoms with E-state index in [1.165, 1.54) is 13.8 Å². The molecule has 0 bridgehead atoms. The molecule has 32 heavy (non-hydrogen) atoms. The Morgan fingerprint density at radius 2 is 1.00 bits per heavy atom. The van der Waals surface area contributed by atoms with E-state index in [0.717, 1.165) is 37.8 Å². The number of rotatable bonds is 18. The van der Waals surface area contributed by atoms with Crippen LogP contribution >= 0.6 is 0 Å².